The molecule has 0 N–H and O–H groups in total. The van der Waals surface area contributed by atoms with Crippen LogP contribution in [0.1, 0.15) is 335 Å². The fourth-order valence-corrected chi connectivity index (χ4v) is 11.1. The molecule has 0 bridgehead atoms. The van der Waals surface area contributed by atoms with Crippen LogP contribution in [0.25, 0.3) is 0 Å². The summed E-state index contributed by atoms with van der Waals surface area (Å²) in [7, 11) is 1.17. The third-order valence-electron chi connectivity index (χ3n) is 15.9. The molecule has 0 spiro atoms. The average molecular weight is 1220 g/mol. The van der Waals surface area contributed by atoms with Crippen molar-refractivity contribution in [1.29, 1.82) is 0 Å². The summed E-state index contributed by atoms with van der Waals surface area (Å²) >= 11 is 0. The zero-order chi connectivity index (χ0) is 62.6. The number of ether oxygens (including phenoxy) is 2. The van der Waals surface area contributed by atoms with Crippen LogP contribution in [-0.4, -0.2) is 70.0 Å². The Morgan fingerprint density at radius 3 is 0.988 bits per heavy atom. The van der Waals surface area contributed by atoms with Crippen molar-refractivity contribution < 1.29 is 42.1 Å². The Kier molecular flexibility index (Phi) is 64.4. The molecule has 0 amide bonds. The lowest BCUT2D eigenvalue weighted by atomic mass is 10.0. The van der Waals surface area contributed by atoms with Crippen LogP contribution in [0.5, 0.6) is 0 Å². The number of phosphoric acid groups is 1. The second-order valence-electron chi connectivity index (χ2n) is 25.6. The first-order valence-corrected chi connectivity index (χ1v) is 37.8. The zero-order valence-electron chi connectivity index (χ0n) is 57.0. The molecule has 0 aromatic heterocycles. The van der Waals surface area contributed by atoms with Crippen molar-refractivity contribution in [3.63, 3.8) is 0 Å². The van der Waals surface area contributed by atoms with Crippen LogP contribution < -0.4 is 4.89 Å². The van der Waals surface area contributed by atoms with Gasteiger partial charge in [-0.3, -0.25) is 14.2 Å². The number of esters is 2. The fraction of sp³-hybridized carbons (Fsp3) is 0.789. The summed E-state index contributed by atoms with van der Waals surface area (Å²) in [4.78, 5) is 38.0. The molecule has 0 aliphatic rings. The van der Waals surface area contributed by atoms with Crippen molar-refractivity contribution in [3.8, 4) is 0 Å². The first-order valence-electron chi connectivity index (χ1n) is 36.3. The van der Waals surface area contributed by atoms with Gasteiger partial charge in [0.1, 0.15) is 19.8 Å². The molecule has 0 aliphatic heterocycles. The van der Waals surface area contributed by atoms with Gasteiger partial charge in [0.15, 0.2) is 6.10 Å². The highest BCUT2D eigenvalue weighted by molar-refractivity contribution is 7.45. The number of likely N-dealkylation sites (N-methyl/N-ethyl adjacent to an activating group) is 1. The maximum Gasteiger partial charge on any atom is 0.306 e. The average Bonchev–Trinajstić information content (AvgIpc) is 3.70. The summed E-state index contributed by atoms with van der Waals surface area (Å²) in [5.41, 5.74) is 0. The van der Waals surface area contributed by atoms with E-state index in [4.69, 9.17) is 18.5 Å². The summed E-state index contributed by atoms with van der Waals surface area (Å²) in [6, 6.07) is 0. The molecule has 0 fully saturated rings. The van der Waals surface area contributed by atoms with Crippen molar-refractivity contribution in [3.05, 3.63) is 85.1 Å². The van der Waals surface area contributed by atoms with Crippen molar-refractivity contribution in [2.75, 3.05) is 47.5 Å². The molecule has 0 saturated carbocycles. The van der Waals surface area contributed by atoms with Crippen LogP contribution in [0.15, 0.2) is 85.1 Å². The van der Waals surface area contributed by atoms with E-state index in [0.29, 0.717) is 17.4 Å². The Bertz CT molecular complexity index is 1730. The molecule has 86 heavy (non-hydrogen) atoms. The molecule has 9 nitrogen and oxygen atoms in total. The van der Waals surface area contributed by atoms with Gasteiger partial charge in [0.2, 0.25) is 0 Å². The number of nitrogens with zero attached hydrogens (tertiary/aromatic N) is 1. The number of hydrogen-bond acceptors (Lipinski definition) is 8. The van der Waals surface area contributed by atoms with Crippen molar-refractivity contribution >= 4 is 19.8 Å². The number of unbranched alkanes of at least 4 members (excludes halogenated alkanes) is 39. The summed E-state index contributed by atoms with van der Waals surface area (Å²) in [6.45, 7) is 4.15. The lowest BCUT2D eigenvalue weighted by molar-refractivity contribution is -0.870. The lowest BCUT2D eigenvalue weighted by Crippen LogP contribution is -2.37. The van der Waals surface area contributed by atoms with E-state index >= 15 is 0 Å². The van der Waals surface area contributed by atoms with Crippen LogP contribution in [0.4, 0.5) is 0 Å². The smallest absolute Gasteiger partial charge is 0.306 e. The monoisotopic (exact) mass is 1220 g/mol. The second-order valence-corrected chi connectivity index (χ2v) is 27.0. The van der Waals surface area contributed by atoms with Gasteiger partial charge in [-0.25, -0.2) is 0 Å². The summed E-state index contributed by atoms with van der Waals surface area (Å²) in [5.74, 6) is -0.824. The van der Waals surface area contributed by atoms with E-state index < -0.39 is 26.5 Å². The minimum Gasteiger partial charge on any atom is -0.756 e. The predicted molar refractivity (Wildman–Crippen MR) is 369 cm³/mol. The van der Waals surface area contributed by atoms with Crippen LogP contribution in [-0.2, 0) is 32.7 Å². The molecular formula is C76H138NO8P. The fourth-order valence-electron chi connectivity index (χ4n) is 10.4. The molecule has 0 aromatic rings. The third kappa shape index (κ3) is 70.3. The highest BCUT2D eigenvalue weighted by Crippen LogP contribution is 2.38. The molecule has 0 radical (unpaired) electrons. The Hall–Kier alpha value is -2.81. The van der Waals surface area contributed by atoms with Crippen LogP contribution in [0.2, 0.25) is 0 Å². The Balaban J connectivity index is 3.92. The second kappa shape index (κ2) is 66.6. The first kappa shape index (κ1) is 83.2. The summed E-state index contributed by atoms with van der Waals surface area (Å²) in [6.07, 6.45) is 91.1. The minimum atomic E-state index is -4.64. The number of quaternary nitrogens is 1. The maximum atomic E-state index is 12.9. The quantitative estimate of drug-likeness (QED) is 0.0195. The number of rotatable bonds is 67. The van der Waals surface area contributed by atoms with Gasteiger partial charge in [-0.05, 0) is 89.9 Å². The van der Waals surface area contributed by atoms with Crippen LogP contribution in [0.3, 0.4) is 0 Å². The zero-order valence-corrected chi connectivity index (χ0v) is 57.9. The van der Waals surface area contributed by atoms with Gasteiger partial charge in [0.25, 0.3) is 7.82 Å². The van der Waals surface area contributed by atoms with E-state index in [9.17, 15) is 19.0 Å². The topological polar surface area (TPSA) is 111 Å². The number of allylic oxidation sites excluding steroid dienone is 14. The molecule has 0 rings (SSSR count). The van der Waals surface area contributed by atoms with Gasteiger partial charge < -0.3 is 27.9 Å². The van der Waals surface area contributed by atoms with Crippen molar-refractivity contribution in [1.82, 2.24) is 0 Å². The molecule has 0 aromatic carbocycles. The Morgan fingerprint density at radius 2 is 0.663 bits per heavy atom. The summed E-state index contributed by atoms with van der Waals surface area (Å²) in [5, 5.41) is 0. The molecule has 10 heteroatoms. The highest BCUT2D eigenvalue weighted by Gasteiger charge is 2.22. The van der Waals surface area contributed by atoms with E-state index in [2.05, 4.69) is 98.9 Å². The molecule has 2 atom stereocenters. The van der Waals surface area contributed by atoms with E-state index in [1.54, 1.807) is 0 Å². The number of carbonyl (C=O) groups is 2. The number of hydrogen-bond donors (Lipinski definition) is 0. The van der Waals surface area contributed by atoms with E-state index in [1.807, 2.05) is 21.1 Å². The van der Waals surface area contributed by atoms with E-state index in [1.165, 1.54) is 231 Å². The highest BCUT2D eigenvalue weighted by atomic mass is 31.2. The summed E-state index contributed by atoms with van der Waals surface area (Å²) < 4.78 is 34.3. The normalized spacial score (nSPS) is 13.6. The van der Waals surface area contributed by atoms with E-state index in [-0.39, 0.29) is 32.0 Å². The first-order chi connectivity index (χ1) is 42.0. The predicted octanol–water partition coefficient (Wildman–Crippen LogP) is 23.1. The maximum absolute atomic E-state index is 12.9. The van der Waals surface area contributed by atoms with Gasteiger partial charge in [0, 0.05) is 12.8 Å². The number of carbonyl (C=O) groups excluding carboxylic acids is 2. The largest absolute Gasteiger partial charge is 0.756 e. The molecular weight excluding hydrogens is 1090 g/mol. The van der Waals surface area contributed by atoms with Crippen molar-refractivity contribution in [2.24, 2.45) is 0 Å². The number of phosphoric ester groups is 1. The lowest BCUT2D eigenvalue weighted by Gasteiger charge is -2.28. The van der Waals surface area contributed by atoms with Crippen molar-refractivity contribution in [2.45, 2.75) is 341 Å². The third-order valence-corrected chi connectivity index (χ3v) is 16.9. The Labute approximate surface area is 532 Å². The van der Waals surface area contributed by atoms with E-state index in [0.717, 1.165) is 70.6 Å². The molecule has 0 aliphatic carbocycles. The van der Waals surface area contributed by atoms with Gasteiger partial charge in [-0.15, -0.1) is 0 Å². The standard InChI is InChI=1S/C76H138NO8P/c1-6-8-10-12-14-16-18-20-22-24-26-28-29-30-31-32-33-34-35-36-37-38-39-40-41-42-43-44-45-46-47-49-51-53-55-57-59-61-63-65-67-69-76(79)85-74(73-84-86(80,81)83-71-70-77(3,4)5)72-82-75(78)68-66-64-62-60-58-56-54-52-50-48-27-25-23-21-19-17-15-13-11-9-7-2/h8,10,14,16,19-22,25-28,30-31,74H,6-7,9,11-13,15,17-18,23-24,29,32-73H2,1-5H3/b10-8-,16-14-,21-19-,22-20-,27-25-,28-26-,31-30-. The van der Waals surface area contributed by atoms with Crippen LogP contribution in [0, 0.1) is 0 Å². The SMILES string of the molecule is CC/C=C\C/C=C\C/C=C\C/C=C\C/C=C\CCCCCCCCCCCCCCCCCCCCCCCCCCCC(=O)OC(COC(=O)CCCCCCCCCCC/C=C\C/C=C\CCCCCCC)COP(=O)([O-])OCC[N+](C)(C)C. The van der Waals surface area contributed by atoms with Gasteiger partial charge in [0.05, 0.1) is 27.7 Å². The molecule has 2 unspecified atom stereocenters. The van der Waals surface area contributed by atoms with Gasteiger partial charge in [-0.2, -0.15) is 0 Å². The van der Waals surface area contributed by atoms with Gasteiger partial charge >= 0.3 is 11.9 Å². The van der Waals surface area contributed by atoms with Gasteiger partial charge in [-0.1, -0.05) is 317 Å². The minimum absolute atomic E-state index is 0.0315. The molecule has 500 valence electrons. The molecule has 0 saturated heterocycles. The Morgan fingerprint density at radius 1 is 0.372 bits per heavy atom. The van der Waals surface area contributed by atoms with Crippen LogP contribution >= 0.6 is 7.82 Å². The molecule has 0 heterocycles.